The Kier molecular flexibility index (Phi) is 7.88. The van der Waals surface area contributed by atoms with Crippen LogP contribution in [-0.2, 0) is 20.8 Å². The first-order chi connectivity index (χ1) is 11.3. The van der Waals surface area contributed by atoms with Crippen LogP contribution in [0.4, 0.5) is 4.39 Å². The fourth-order valence-corrected chi connectivity index (χ4v) is 2.27. The van der Waals surface area contributed by atoms with E-state index in [1.54, 1.807) is 18.2 Å². The van der Waals surface area contributed by atoms with Crippen molar-refractivity contribution in [3.8, 4) is 0 Å². The average molecular weight is 338 g/mol. The minimum Gasteiger partial charge on any atom is -0.480 e. The molecular weight excluding hydrogens is 315 g/mol. The Bertz CT molecular complexity index is 577. The predicted molar refractivity (Wildman–Crippen MR) is 86.8 cm³/mol. The van der Waals surface area contributed by atoms with Crippen LogP contribution in [-0.4, -0.2) is 59.4 Å². The summed E-state index contributed by atoms with van der Waals surface area (Å²) in [5.41, 5.74) is 0.460. The minimum atomic E-state index is -1.10. The van der Waals surface area contributed by atoms with Crippen molar-refractivity contribution >= 4 is 18.3 Å². The van der Waals surface area contributed by atoms with Crippen LogP contribution >= 0.6 is 0 Å². The smallest absolute Gasteiger partial charge is 0.323 e. The molecule has 24 heavy (non-hydrogen) atoms. The zero-order valence-corrected chi connectivity index (χ0v) is 13.9. The van der Waals surface area contributed by atoms with E-state index in [1.807, 2.05) is 13.8 Å². The van der Waals surface area contributed by atoms with Crippen LogP contribution in [0.15, 0.2) is 24.3 Å². The van der Waals surface area contributed by atoms with Crippen molar-refractivity contribution in [1.29, 1.82) is 0 Å². The molecule has 0 aliphatic carbocycles. The Morgan fingerprint density at radius 3 is 2.46 bits per heavy atom. The molecule has 2 amide bonds. The molecule has 7 heteroatoms. The van der Waals surface area contributed by atoms with Crippen molar-refractivity contribution in [2.75, 3.05) is 26.2 Å². The molecule has 0 saturated carbocycles. The Labute approximate surface area is 140 Å². The fourth-order valence-electron chi connectivity index (χ4n) is 2.27. The lowest BCUT2D eigenvalue weighted by atomic mass is 10.1. The highest BCUT2D eigenvalue weighted by Crippen LogP contribution is 2.08. The Morgan fingerprint density at radius 2 is 1.92 bits per heavy atom. The number of carbonyl (C=O) groups is 3. The van der Waals surface area contributed by atoms with Gasteiger partial charge in [0.25, 0.3) is 0 Å². The summed E-state index contributed by atoms with van der Waals surface area (Å²) < 4.78 is 13.6. The topological polar surface area (TPSA) is 77.9 Å². The van der Waals surface area contributed by atoms with E-state index in [-0.39, 0.29) is 31.2 Å². The average Bonchev–Trinajstić information content (AvgIpc) is 2.51. The minimum absolute atomic E-state index is 0.108. The van der Waals surface area contributed by atoms with Gasteiger partial charge < -0.3 is 14.9 Å². The molecule has 0 spiro atoms. The van der Waals surface area contributed by atoms with Gasteiger partial charge >= 0.3 is 5.97 Å². The monoisotopic (exact) mass is 338 g/mol. The Balaban J connectivity index is 2.64. The predicted octanol–water partition coefficient (Wildman–Crippen LogP) is 1.40. The standard InChI is InChI=1S/C17H23FN2O4/c1-13(2)9-20(11-17(23)24)16(22)10-19(12-21)8-7-14-5-3-4-6-15(14)18/h3-6,12-13H,7-11H2,1-2H3,(H,23,24). The van der Waals surface area contributed by atoms with Gasteiger partial charge in [-0.1, -0.05) is 32.0 Å². The Morgan fingerprint density at radius 1 is 1.25 bits per heavy atom. The lowest BCUT2D eigenvalue weighted by Crippen LogP contribution is -2.44. The molecule has 6 nitrogen and oxygen atoms in total. The molecular formula is C17H23FN2O4. The molecule has 0 radical (unpaired) electrons. The zero-order chi connectivity index (χ0) is 18.1. The molecule has 0 aliphatic rings. The number of amides is 2. The van der Waals surface area contributed by atoms with Gasteiger partial charge in [-0.25, -0.2) is 4.39 Å². The van der Waals surface area contributed by atoms with Gasteiger partial charge in [-0.2, -0.15) is 0 Å². The van der Waals surface area contributed by atoms with Gasteiger partial charge in [-0.15, -0.1) is 0 Å². The molecule has 132 valence electrons. The summed E-state index contributed by atoms with van der Waals surface area (Å²) in [5, 5.41) is 8.90. The summed E-state index contributed by atoms with van der Waals surface area (Å²) in [4.78, 5) is 36.7. The maximum Gasteiger partial charge on any atom is 0.323 e. The highest BCUT2D eigenvalue weighted by Gasteiger charge is 2.20. The van der Waals surface area contributed by atoms with Crippen molar-refractivity contribution in [3.63, 3.8) is 0 Å². The number of hydrogen-bond donors (Lipinski definition) is 1. The number of hydrogen-bond acceptors (Lipinski definition) is 3. The van der Waals surface area contributed by atoms with Crippen molar-refractivity contribution < 1.29 is 23.9 Å². The van der Waals surface area contributed by atoms with Crippen molar-refractivity contribution in [3.05, 3.63) is 35.6 Å². The van der Waals surface area contributed by atoms with Crippen LogP contribution < -0.4 is 0 Å². The summed E-state index contributed by atoms with van der Waals surface area (Å²) >= 11 is 0. The first-order valence-electron chi connectivity index (χ1n) is 7.75. The largest absolute Gasteiger partial charge is 0.480 e. The molecule has 0 bridgehead atoms. The van der Waals surface area contributed by atoms with E-state index in [1.165, 1.54) is 15.9 Å². The van der Waals surface area contributed by atoms with E-state index < -0.39 is 18.4 Å². The van der Waals surface area contributed by atoms with E-state index in [0.29, 0.717) is 18.5 Å². The third-order valence-electron chi connectivity index (χ3n) is 3.38. The molecule has 0 unspecified atom stereocenters. The number of carboxylic acid groups (broad SMARTS) is 1. The van der Waals surface area contributed by atoms with Gasteiger partial charge in [0.2, 0.25) is 12.3 Å². The second-order valence-corrected chi connectivity index (χ2v) is 5.98. The number of benzene rings is 1. The van der Waals surface area contributed by atoms with E-state index >= 15 is 0 Å². The molecule has 1 aromatic carbocycles. The maximum atomic E-state index is 13.6. The second kappa shape index (κ2) is 9.64. The van der Waals surface area contributed by atoms with Crippen LogP contribution in [0.3, 0.4) is 0 Å². The van der Waals surface area contributed by atoms with Crippen molar-refractivity contribution in [2.24, 2.45) is 5.92 Å². The van der Waals surface area contributed by atoms with E-state index in [2.05, 4.69) is 0 Å². The molecule has 0 saturated heterocycles. The SMILES string of the molecule is CC(C)CN(CC(=O)O)C(=O)CN(C=O)CCc1ccccc1F. The maximum absolute atomic E-state index is 13.6. The van der Waals surface area contributed by atoms with Crippen LogP contribution in [0, 0.1) is 11.7 Å². The van der Waals surface area contributed by atoms with E-state index in [4.69, 9.17) is 5.11 Å². The summed E-state index contributed by atoms with van der Waals surface area (Å²) in [7, 11) is 0. The van der Waals surface area contributed by atoms with Crippen molar-refractivity contribution in [1.82, 2.24) is 9.80 Å². The molecule has 0 atom stereocenters. The molecule has 1 N–H and O–H groups in total. The summed E-state index contributed by atoms with van der Waals surface area (Å²) in [6.07, 6.45) is 0.800. The highest BCUT2D eigenvalue weighted by atomic mass is 19.1. The zero-order valence-electron chi connectivity index (χ0n) is 13.9. The molecule has 0 fully saturated rings. The van der Waals surface area contributed by atoms with Crippen LogP contribution in [0.5, 0.6) is 0 Å². The summed E-state index contributed by atoms with van der Waals surface area (Å²) in [6.45, 7) is 3.59. The number of rotatable bonds is 10. The third kappa shape index (κ3) is 6.76. The Hall–Kier alpha value is -2.44. The first-order valence-corrected chi connectivity index (χ1v) is 7.75. The van der Waals surface area contributed by atoms with Gasteiger partial charge in [-0.05, 0) is 24.0 Å². The number of carbonyl (C=O) groups excluding carboxylic acids is 2. The summed E-state index contributed by atoms with van der Waals surface area (Å²) in [5.74, 6) is -1.79. The van der Waals surface area contributed by atoms with E-state index in [9.17, 15) is 18.8 Å². The quantitative estimate of drug-likeness (QED) is 0.654. The van der Waals surface area contributed by atoms with Gasteiger partial charge in [0.15, 0.2) is 0 Å². The highest BCUT2D eigenvalue weighted by molar-refractivity contribution is 5.83. The van der Waals surface area contributed by atoms with E-state index in [0.717, 1.165) is 0 Å². The van der Waals surface area contributed by atoms with Gasteiger partial charge in [-0.3, -0.25) is 14.4 Å². The van der Waals surface area contributed by atoms with Crippen LogP contribution in [0.2, 0.25) is 0 Å². The van der Waals surface area contributed by atoms with Gasteiger partial charge in [0, 0.05) is 13.1 Å². The number of halogens is 1. The molecule has 1 rings (SSSR count). The second-order valence-electron chi connectivity index (χ2n) is 5.98. The fraction of sp³-hybridized carbons (Fsp3) is 0.471. The molecule has 0 aliphatic heterocycles. The van der Waals surface area contributed by atoms with Crippen LogP contribution in [0.1, 0.15) is 19.4 Å². The number of nitrogens with zero attached hydrogens (tertiary/aromatic N) is 2. The van der Waals surface area contributed by atoms with Gasteiger partial charge in [0.05, 0.1) is 6.54 Å². The molecule has 0 heterocycles. The van der Waals surface area contributed by atoms with Crippen LogP contribution in [0.25, 0.3) is 0 Å². The first kappa shape index (κ1) is 19.6. The summed E-state index contributed by atoms with van der Waals surface area (Å²) in [6, 6.07) is 6.24. The lowest BCUT2D eigenvalue weighted by Gasteiger charge is -2.25. The molecule has 1 aromatic rings. The normalized spacial score (nSPS) is 10.5. The van der Waals surface area contributed by atoms with Crippen molar-refractivity contribution in [2.45, 2.75) is 20.3 Å². The number of aliphatic carboxylic acids is 1. The van der Waals surface area contributed by atoms with Gasteiger partial charge in [0.1, 0.15) is 12.4 Å². The third-order valence-corrected chi connectivity index (χ3v) is 3.38. The lowest BCUT2D eigenvalue weighted by molar-refractivity contribution is -0.145. The number of carboxylic acids is 1. The molecule has 0 aromatic heterocycles.